The van der Waals surface area contributed by atoms with Crippen molar-refractivity contribution in [3.63, 3.8) is 0 Å². The summed E-state index contributed by atoms with van der Waals surface area (Å²) in [5.41, 5.74) is 0. The van der Waals surface area contributed by atoms with Gasteiger partial charge in [0, 0.05) is 30.9 Å². The quantitative estimate of drug-likeness (QED) is 0.538. The number of carbonyl (C=O) groups is 2. The van der Waals surface area contributed by atoms with Crippen LogP contribution >= 0.6 is 11.6 Å². The number of nitrogens with zero attached hydrogens (tertiary/aromatic N) is 2. The standard InChI is InChI=1S/C23H28ClN3O7S2/c1-15(22(28)26-9-10-34-19(13-26)14-35(2,30)31)27-8-7-21(23(27)29)25-36(32,33)20-6-4-16-11-18(24)5-3-17(16)12-20/h3-6,11-12,15,19,21,25H,7-10,13-14H2,1-2H3/t15-,19?,21?/m0/s1. The Morgan fingerprint density at radius 1 is 1.14 bits per heavy atom. The zero-order valence-electron chi connectivity index (χ0n) is 19.9. The summed E-state index contributed by atoms with van der Waals surface area (Å²) < 4.78 is 57.1. The van der Waals surface area contributed by atoms with Gasteiger partial charge >= 0.3 is 0 Å². The number of ether oxygens (including phenoxy) is 1. The first-order valence-electron chi connectivity index (χ1n) is 11.4. The zero-order valence-corrected chi connectivity index (χ0v) is 22.3. The highest BCUT2D eigenvalue weighted by Crippen LogP contribution is 2.24. The van der Waals surface area contributed by atoms with Crippen molar-refractivity contribution >= 4 is 54.0 Å². The monoisotopic (exact) mass is 557 g/mol. The maximum atomic E-state index is 13.1. The van der Waals surface area contributed by atoms with Crippen LogP contribution in [-0.4, -0.2) is 94.9 Å². The van der Waals surface area contributed by atoms with Gasteiger partial charge in [0.2, 0.25) is 21.8 Å². The third-order valence-electron chi connectivity index (χ3n) is 6.39. The van der Waals surface area contributed by atoms with Gasteiger partial charge in [-0.1, -0.05) is 23.7 Å². The third-order valence-corrected chi connectivity index (χ3v) is 9.07. The largest absolute Gasteiger partial charge is 0.373 e. The summed E-state index contributed by atoms with van der Waals surface area (Å²) >= 11 is 5.99. The SMILES string of the molecule is C[C@@H](C(=O)N1CCOC(CS(C)(=O)=O)C1)N1CCC(NS(=O)(=O)c2ccc3cc(Cl)ccc3c2)C1=O. The van der Waals surface area contributed by atoms with Gasteiger partial charge in [0.25, 0.3) is 0 Å². The van der Waals surface area contributed by atoms with E-state index in [-0.39, 0.29) is 49.2 Å². The van der Waals surface area contributed by atoms with Crippen molar-refractivity contribution < 1.29 is 31.2 Å². The highest BCUT2D eigenvalue weighted by atomic mass is 35.5. The molecule has 13 heteroatoms. The number of sulfone groups is 1. The molecule has 2 aliphatic heterocycles. The van der Waals surface area contributed by atoms with Gasteiger partial charge in [-0.3, -0.25) is 9.59 Å². The molecule has 2 aliphatic rings. The number of fused-ring (bicyclic) bond motifs is 1. The van der Waals surface area contributed by atoms with Crippen LogP contribution in [0.1, 0.15) is 13.3 Å². The summed E-state index contributed by atoms with van der Waals surface area (Å²) in [6.07, 6.45) is 0.701. The number of likely N-dealkylation sites (tertiary alicyclic amines) is 1. The molecule has 0 saturated carbocycles. The molecule has 2 aromatic carbocycles. The number of morpholine rings is 1. The van der Waals surface area contributed by atoms with E-state index < -0.39 is 44.0 Å². The Balaban J connectivity index is 1.42. The van der Waals surface area contributed by atoms with Crippen molar-refractivity contribution in [2.24, 2.45) is 0 Å². The van der Waals surface area contributed by atoms with E-state index in [0.29, 0.717) is 10.4 Å². The molecule has 0 radical (unpaired) electrons. The van der Waals surface area contributed by atoms with Crippen LogP contribution in [0.4, 0.5) is 0 Å². The molecule has 2 fully saturated rings. The van der Waals surface area contributed by atoms with E-state index in [1.54, 1.807) is 31.2 Å². The van der Waals surface area contributed by atoms with Crippen LogP contribution in [-0.2, 0) is 34.2 Å². The number of hydrogen-bond acceptors (Lipinski definition) is 7. The molecule has 2 amide bonds. The molecule has 2 heterocycles. The molecule has 2 saturated heterocycles. The number of carbonyl (C=O) groups excluding carboxylic acids is 2. The molecule has 2 unspecified atom stereocenters. The predicted molar refractivity (Wildman–Crippen MR) is 135 cm³/mol. The number of nitrogens with one attached hydrogen (secondary N) is 1. The van der Waals surface area contributed by atoms with E-state index in [4.69, 9.17) is 16.3 Å². The zero-order chi connectivity index (χ0) is 26.3. The van der Waals surface area contributed by atoms with Crippen molar-refractivity contribution in [2.75, 3.05) is 38.2 Å². The van der Waals surface area contributed by atoms with Crippen molar-refractivity contribution in [1.82, 2.24) is 14.5 Å². The van der Waals surface area contributed by atoms with Crippen LogP contribution < -0.4 is 4.72 Å². The van der Waals surface area contributed by atoms with Crippen molar-refractivity contribution in [3.05, 3.63) is 41.4 Å². The van der Waals surface area contributed by atoms with E-state index >= 15 is 0 Å². The third kappa shape index (κ3) is 6.00. The second-order valence-corrected chi connectivity index (χ2v) is 13.5. The molecule has 0 spiro atoms. The minimum atomic E-state index is -3.99. The average molecular weight is 558 g/mol. The van der Waals surface area contributed by atoms with Gasteiger partial charge in [-0.05, 0) is 48.4 Å². The molecule has 3 atom stereocenters. The molecule has 196 valence electrons. The summed E-state index contributed by atoms with van der Waals surface area (Å²) in [5, 5.41) is 2.03. The van der Waals surface area contributed by atoms with Gasteiger partial charge in [-0.2, -0.15) is 4.72 Å². The molecule has 0 bridgehead atoms. The van der Waals surface area contributed by atoms with E-state index in [1.165, 1.54) is 21.9 Å². The van der Waals surface area contributed by atoms with E-state index in [2.05, 4.69) is 4.72 Å². The van der Waals surface area contributed by atoms with Crippen molar-refractivity contribution in [1.29, 1.82) is 0 Å². The Labute approximate surface area is 215 Å². The number of amides is 2. The molecule has 4 rings (SSSR count). The maximum absolute atomic E-state index is 13.1. The number of sulfonamides is 1. The van der Waals surface area contributed by atoms with Gasteiger partial charge in [-0.15, -0.1) is 0 Å². The lowest BCUT2D eigenvalue weighted by atomic mass is 10.1. The first kappa shape index (κ1) is 26.8. The van der Waals surface area contributed by atoms with Crippen LogP contribution in [0.3, 0.4) is 0 Å². The van der Waals surface area contributed by atoms with Crippen molar-refractivity contribution in [3.8, 4) is 0 Å². The van der Waals surface area contributed by atoms with Crippen LogP contribution in [0.2, 0.25) is 5.02 Å². The fraction of sp³-hybridized carbons (Fsp3) is 0.478. The molecule has 0 aliphatic carbocycles. The number of rotatable bonds is 7. The van der Waals surface area contributed by atoms with Gasteiger partial charge in [0.1, 0.15) is 21.9 Å². The lowest BCUT2D eigenvalue weighted by Crippen LogP contribution is -2.55. The molecule has 36 heavy (non-hydrogen) atoms. The first-order chi connectivity index (χ1) is 16.8. The Morgan fingerprint density at radius 3 is 2.56 bits per heavy atom. The normalized spacial score (nSPS) is 22.2. The Kier molecular flexibility index (Phi) is 7.63. The first-order valence-corrected chi connectivity index (χ1v) is 15.4. The lowest BCUT2D eigenvalue weighted by Gasteiger charge is -2.36. The second kappa shape index (κ2) is 10.3. The fourth-order valence-electron chi connectivity index (χ4n) is 4.57. The molecule has 0 aromatic heterocycles. The summed E-state index contributed by atoms with van der Waals surface area (Å²) in [6, 6.07) is 7.93. The highest BCUT2D eigenvalue weighted by molar-refractivity contribution is 7.90. The minimum absolute atomic E-state index is 0.0259. The van der Waals surface area contributed by atoms with E-state index in [0.717, 1.165) is 11.6 Å². The Bertz CT molecular complexity index is 1400. The van der Waals surface area contributed by atoms with Crippen molar-refractivity contribution in [2.45, 2.75) is 36.4 Å². The summed E-state index contributed by atoms with van der Waals surface area (Å²) in [5.74, 6) is -1.01. The summed E-state index contributed by atoms with van der Waals surface area (Å²) in [7, 11) is -7.27. The van der Waals surface area contributed by atoms with Crippen LogP contribution in [0.25, 0.3) is 10.8 Å². The van der Waals surface area contributed by atoms with Crippen LogP contribution in [0.15, 0.2) is 41.3 Å². The van der Waals surface area contributed by atoms with E-state index in [9.17, 15) is 26.4 Å². The maximum Gasteiger partial charge on any atom is 0.245 e. The van der Waals surface area contributed by atoms with Crippen LogP contribution in [0.5, 0.6) is 0 Å². The smallest absolute Gasteiger partial charge is 0.245 e. The lowest BCUT2D eigenvalue weighted by molar-refractivity contribution is -0.147. The number of benzene rings is 2. The molecule has 2 aromatic rings. The topological polar surface area (TPSA) is 130 Å². The molecular formula is C23H28ClN3O7S2. The molecular weight excluding hydrogens is 530 g/mol. The number of halogens is 1. The summed E-state index contributed by atoms with van der Waals surface area (Å²) in [4.78, 5) is 29.0. The average Bonchev–Trinajstić information content (AvgIpc) is 3.16. The molecule has 10 nitrogen and oxygen atoms in total. The summed E-state index contributed by atoms with van der Waals surface area (Å²) in [6.45, 7) is 2.40. The van der Waals surface area contributed by atoms with Gasteiger partial charge in [-0.25, -0.2) is 16.8 Å². The van der Waals surface area contributed by atoms with E-state index in [1.807, 2.05) is 0 Å². The predicted octanol–water partition coefficient (Wildman–Crippen LogP) is 1.03. The fourth-order valence-corrected chi connectivity index (χ4v) is 6.88. The minimum Gasteiger partial charge on any atom is -0.373 e. The molecule has 1 N–H and O–H groups in total. The number of hydrogen-bond donors (Lipinski definition) is 1. The van der Waals surface area contributed by atoms with Gasteiger partial charge < -0.3 is 14.5 Å². The van der Waals surface area contributed by atoms with Gasteiger partial charge in [0.05, 0.1) is 23.4 Å². The Morgan fingerprint density at radius 2 is 1.83 bits per heavy atom. The Hall–Kier alpha value is -2.25. The highest BCUT2D eigenvalue weighted by Gasteiger charge is 2.41. The van der Waals surface area contributed by atoms with Gasteiger partial charge in [0.15, 0.2) is 0 Å². The van der Waals surface area contributed by atoms with Crippen LogP contribution in [0, 0.1) is 0 Å². The second-order valence-electron chi connectivity index (χ2n) is 9.19.